The van der Waals surface area contributed by atoms with Gasteiger partial charge in [-0.25, -0.2) is 4.98 Å². The van der Waals surface area contributed by atoms with Crippen molar-refractivity contribution in [1.82, 2.24) is 14.9 Å². The van der Waals surface area contributed by atoms with Crippen LogP contribution in [0.4, 0.5) is 17.5 Å². The van der Waals surface area contributed by atoms with Crippen LogP contribution in [0.15, 0.2) is 54.6 Å². The first kappa shape index (κ1) is 21.4. The van der Waals surface area contributed by atoms with Gasteiger partial charge in [-0.15, -0.1) is 0 Å². The Morgan fingerprint density at radius 3 is 2.32 bits per heavy atom. The number of hydrogen-bond acceptors (Lipinski definition) is 6. The number of nitrogens with zero attached hydrogens (tertiary/aromatic N) is 4. The van der Waals surface area contributed by atoms with Crippen molar-refractivity contribution in [3.8, 4) is 5.75 Å². The van der Waals surface area contributed by atoms with Gasteiger partial charge in [-0.05, 0) is 78.0 Å². The second-order valence-electron chi connectivity index (χ2n) is 7.33. The molecule has 0 atom stereocenters. The third-order valence-electron chi connectivity index (χ3n) is 5.15. The molecule has 3 aromatic rings. The molecule has 0 spiro atoms. The Hall–Kier alpha value is -2.88. The van der Waals surface area contributed by atoms with Gasteiger partial charge < -0.3 is 19.9 Å². The first-order valence-electron chi connectivity index (χ1n) is 10.1. The first-order valence-corrected chi connectivity index (χ1v) is 11.2. The number of anilines is 3. The van der Waals surface area contributed by atoms with Crippen LogP contribution < -0.4 is 15.0 Å². The second-order valence-corrected chi connectivity index (χ2v) is 8.58. The van der Waals surface area contributed by atoms with Gasteiger partial charge in [0.15, 0.2) is 0 Å². The Kier molecular flexibility index (Phi) is 6.55. The van der Waals surface area contributed by atoms with Gasteiger partial charge in [0, 0.05) is 52.8 Å². The van der Waals surface area contributed by atoms with Crippen LogP contribution in [0.2, 0.25) is 0 Å². The van der Waals surface area contributed by atoms with Crippen LogP contribution in [0.1, 0.15) is 16.1 Å². The SMILES string of the molecule is COc1ccc(Nc2cc(C)nc(N3CCN(C(=O)c4ccc(I)cc4)CC3)n2)cc1. The van der Waals surface area contributed by atoms with E-state index in [1.807, 2.05) is 66.4 Å². The summed E-state index contributed by atoms with van der Waals surface area (Å²) in [4.78, 5) is 26.1. The van der Waals surface area contributed by atoms with Gasteiger partial charge in [-0.3, -0.25) is 4.79 Å². The first-order chi connectivity index (χ1) is 15.0. The largest absolute Gasteiger partial charge is 0.497 e. The average Bonchev–Trinajstić information content (AvgIpc) is 2.79. The number of halogens is 1. The van der Waals surface area contributed by atoms with E-state index in [-0.39, 0.29) is 5.91 Å². The van der Waals surface area contributed by atoms with Gasteiger partial charge in [0.2, 0.25) is 5.95 Å². The molecule has 0 bridgehead atoms. The normalized spacial score (nSPS) is 13.8. The van der Waals surface area contributed by atoms with Crippen molar-refractivity contribution in [3.63, 3.8) is 0 Å². The summed E-state index contributed by atoms with van der Waals surface area (Å²) in [5.74, 6) is 2.30. The highest BCUT2D eigenvalue weighted by Gasteiger charge is 2.24. The number of nitrogens with one attached hydrogen (secondary N) is 1. The minimum absolute atomic E-state index is 0.0723. The fourth-order valence-corrected chi connectivity index (χ4v) is 3.82. The van der Waals surface area contributed by atoms with Crippen LogP contribution in [-0.4, -0.2) is 54.1 Å². The fourth-order valence-electron chi connectivity index (χ4n) is 3.47. The van der Waals surface area contributed by atoms with Gasteiger partial charge in [-0.1, -0.05) is 0 Å². The van der Waals surface area contributed by atoms with E-state index in [0.29, 0.717) is 32.1 Å². The van der Waals surface area contributed by atoms with E-state index < -0.39 is 0 Å². The van der Waals surface area contributed by atoms with Gasteiger partial charge in [0.05, 0.1) is 7.11 Å². The lowest BCUT2D eigenvalue weighted by molar-refractivity contribution is 0.0746. The standard InChI is InChI=1S/C23H24IN5O2/c1-16-15-21(26-19-7-9-20(31-2)10-8-19)27-23(25-16)29-13-11-28(12-14-29)22(30)17-3-5-18(24)6-4-17/h3-10,15H,11-14H2,1-2H3,(H,25,26,27). The Morgan fingerprint density at radius 1 is 1.00 bits per heavy atom. The number of hydrogen-bond donors (Lipinski definition) is 1. The number of carbonyl (C=O) groups excluding carboxylic acids is 1. The monoisotopic (exact) mass is 529 g/mol. The highest BCUT2D eigenvalue weighted by molar-refractivity contribution is 14.1. The zero-order chi connectivity index (χ0) is 21.8. The molecule has 1 N–H and O–H groups in total. The Labute approximate surface area is 195 Å². The molecule has 7 nitrogen and oxygen atoms in total. The summed E-state index contributed by atoms with van der Waals surface area (Å²) in [6, 6.07) is 17.3. The Morgan fingerprint density at radius 2 is 1.68 bits per heavy atom. The van der Waals surface area contributed by atoms with E-state index >= 15 is 0 Å². The van der Waals surface area contributed by atoms with Crippen LogP contribution >= 0.6 is 22.6 Å². The number of aromatic nitrogens is 2. The van der Waals surface area contributed by atoms with E-state index in [1.165, 1.54) is 0 Å². The number of aryl methyl sites for hydroxylation is 1. The smallest absolute Gasteiger partial charge is 0.253 e. The molecular formula is C23H24IN5O2. The molecule has 0 radical (unpaired) electrons. The van der Waals surface area contributed by atoms with Crippen molar-refractivity contribution in [2.45, 2.75) is 6.92 Å². The molecule has 1 amide bonds. The Bertz CT molecular complexity index is 1050. The van der Waals surface area contributed by atoms with E-state index in [4.69, 9.17) is 9.72 Å². The number of ether oxygens (including phenoxy) is 1. The van der Waals surface area contributed by atoms with Crippen molar-refractivity contribution in [1.29, 1.82) is 0 Å². The summed E-state index contributed by atoms with van der Waals surface area (Å²) in [6.07, 6.45) is 0. The molecule has 1 aliphatic rings. The van der Waals surface area contributed by atoms with E-state index in [0.717, 1.165) is 32.1 Å². The van der Waals surface area contributed by atoms with E-state index in [1.54, 1.807) is 7.11 Å². The van der Waals surface area contributed by atoms with Gasteiger partial charge in [0.25, 0.3) is 5.91 Å². The third kappa shape index (κ3) is 5.25. The number of rotatable bonds is 5. The third-order valence-corrected chi connectivity index (χ3v) is 5.86. The maximum Gasteiger partial charge on any atom is 0.253 e. The summed E-state index contributed by atoms with van der Waals surface area (Å²) < 4.78 is 6.33. The molecule has 1 fully saturated rings. The molecule has 31 heavy (non-hydrogen) atoms. The van der Waals surface area contributed by atoms with Gasteiger partial charge in [-0.2, -0.15) is 4.98 Å². The van der Waals surface area contributed by atoms with Crippen molar-refractivity contribution >= 4 is 46.0 Å². The minimum Gasteiger partial charge on any atom is -0.497 e. The lowest BCUT2D eigenvalue weighted by atomic mass is 10.2. The van der Waals surface area contributed by atoms with Gasteiger partial charge in [0.1, 0.15) is 11.6 Å². The zero-order valence-electron chi connectivity index (χ0n) is 17.5. The number of benzene rings is 2. The maximum atomic E-state index is 12.8. The number of piperazine rings is 1. The number of amides is 1. The molecule has 0 aliphatic carbocycles. The minimum atomic E-state index is 0.0723. The second kappa shape index (κ2) is 9.51. The molecule has 0 unspecified atom stereocenters. The lowest BCUT2D eigenvalue weighted by Crippen LogP contribution is -2.49. The predicted octanol–water partition coefficient (Wildman–Crippen LogP) is 4.10. The van der Waals surface area contributed by atoms with E-state index in [2.05, 4.69) is 37.8 Å². The lowest BCUT2D eigenvalue weighted by Gasteiger charge is -2.35. The summed E-state index contributed by atoms with van der Waals surface area (Å²) in [7, 11) is 1.65. The van der Waals surface area contributed by atoms with Crippen molar-refractivity contribution in [2.75, 3.05) is 43.5 Å². The molecule has 2 aromatic carbocycles. The van der Waals surface area contributed by atoms with E-state index in [9.17, 15) is 4.79 Å². The molecule has 2 heterocycles. The molecule has 1 saturated heterocycles. The van der Waals surface area contributed by atoms with Crippen LogP contribution in [0.5, 0.6) is 5.75 Å². The van der Waals surface area contributed by atoms with Crippen LogP contribution in [0, 0.1) is 10.5 Å². The van der Waals surface area contributed by atoms with Crippen molar-refractivity contribution in [3.05, 3.63) is 69.4 Å². The van der Waals surface area contributed by atoms with Crippen molar-refractivity contribution in [2.24, 2.45) is 0 Å². The summed E-state index contributed by atoms with van der Waals surface area (Å²) in [5, 5.41) is 3.33. The molecule has 1 aliphatic heterocycles. The predicted molar refractivity (Wildman–Crippen MR) is 130 cm³/mol. The maximum absolute atomic E-state index is 12.8. The van der Waals surface area contributed by atoms with Crippen LogP contribution in [0.25, 0.3) is 0 Å². The molecule has 8 heteroatoms. The molecular weight excluding hydrogens is 505 g/mol. The average molecular weight is 529 g/mol. The summed E-state index contributed by atoms with van der Waals surface area (Å²) >= 11 is 2.24. The molecule has 0 saturated carbocycles. The topological polar surface area (TPSA) is 70.6 Å². The molecule has 4 rings (SSSR count). The van der Waals surface area contributed by atoms with Crippen LogP contribution in [-0.2, 0) is 0 Å². The van der Waals surface area contributed by atoms with Gasteiger partial charge >= 0.3 is 0 Å². The summed E-state index contributed by atoms with van der Waals surface area (Å²) in [6.45, 7) is 4.64. The Balaban J connectivity index is 1.42. The zero-order valence-corrected chi connectivity index (χ0v) is 19.7. The number of carbonyl (C=O) groups is 1. The quantitative estimate of drug-likeness (QED) is 0.502. The highest BCUT2D eigenvalue weighted by atomic mass is 127. The fraction of sp³-hybridized carbons (Fsp3) is 0.261. The number of methoxy groups -OCH3 is 1. The highest BCUT2D eigenvalue weighted by Crippen LogP contribution is 2.22. The summed E-state index contributed by atoms with van der Waals surface area (Å²) in [5.41, 5.74) is 2.54. The molecule has 160 valence electrons. The van der Waals surface area contributed by atoms with Crippen LogP contribution in [0.3, 0.4) is 0 Å². The van der Waals surface area contributed by atoms with Crippen molar-refractivity contribution < 1.29 is 9.53 Å². The molecule has 1 aromatic heterocycles.